The lowest BCUT2D eigenvalue weighted by molar-refractivity contribution is 0.566. The van der Waals surface area contributed by atoms with Crippen LogP contribution in [-0.2, 0) is 6.42 Å². The highest BCUT2D eigenvalue weighted by Gasteiger charge is 2.38. The molecule has 2 aromatic carbocycles. The first-order valence-electron chi connectivity index (χ1n) is 11.0. The summed E-state index contributed by atoms with van der Waals surface area (Å²) >= 11 is 0. The molecule has 0 spiro atoms. The first kappa shape index (κ1) is 16.4. The number of allylic oxidation sites excluding steroid dienone is 15. The summed E-state index contributed by atoms with van der Waals surface area (Å²) in [6, 6.07) is 11.5. The number of benzene rings is 2. The molecule has 7 rings (SSSR count). The van der Waals surface area contributed by atoms with Crippen molar-refractivity contribution in [3.8, 4) is 0 Å². The largest absolute Gasteiger partial charge is 0.0836 e. The summed E-state index contributed by atoms with van der Waals surface area (Å²) in [6.07, 6.45) is 27.7. The zero-order chi connectivity index (χ0) is 19.7. The lowest BCUT2D eigenvalue weighted by Gasteiger charge is -2.40. The third-order valence-electron chi connectivity index (χ3n) is 7.35. The second-order valence-electron chi connectivity index (χ2n) is 8.83. The molecule has 0 fully saturated rings. The van der Waals surface area contributed by atoms with Gasteiger partial charge in [-0.15, -0.1) is 0 Å². The van der Waals surface area contributed by atoms with E-state index in [2.05, 4.69) is 97.2 Å². The van der Waals surface area contributed by atoms with Gasteiger partial charge in [0.05, 0.1) is 0 Å². The Hall–Kier alpha value is -3.38. The highest BCUT2D eigenvalue weighted by molar-refractivity contribution is 6.02. The predicted molar refractivity (Wildman–Crippen MR) is 127 cm³/mol. The Morgan fingerprint density at radius 1 is 0.667 bits per heavy atom. The van der Waals surface area contributed by atoms with Gasteiger partial charge in [0.25, 0.3) is 0 Å². The van der Waals surface area contributed by atoms with Crippen LogP contribution in [0.2, 0.25) is 0 Å². The Labute approximate surface area is 177 Å². The van der Waals surface area contributed by atoms with Gasteiger partial charge in [-0.25, -0.2) is 0 Å². The van der Waals surface area contributed by atoms with Crippen LogP contribution in [0.15, 0.2) is 113 Å². The molecule has 0 bridgehead atoms. The van der Waals surface area contributed by atoms with E-state index in [4.69, 9.17) is 0 Å². The van der Waals surface area contributed by atoms with E-state index in [9.17, 15) is 0 Å². The van der Waals surface area contributed by atoms with Gasteiger partial charge in [-0.05, 0) is 68.2 Å². The van der Waals surface area contributed by atoms with Gasteiger partial charge in [0, 0.05) is 11.8 Å². The van der Waals surface area contributed by atoms with Crippen molar-refractivity contribution < 1.29 is 0 Å². The number of fused-ring (bicyclic) bond motifs is 3. The van der Waals surface area contributed by atoms with Gasteiger partial charge >= 0.3 is 0 Å². The second kappa shape index (κ2) is 6.06. The van der Waals surface area contributed by atoms with Crippen LogP contribution in [-0.4, -0.2) is 0 Å². The van der Waals surface area contributed by atoms with Gasteiger partial charge in [0.1, 0.15) is 0 Å². The average molecular weight is 383 g/mol. The summed E-state index contributed by atoms with van der Waals surface area (Å²) in [5.41, 5.74) is 11.4. The second-order valence-corrected chi connectivity index (χ2v) is 8.83. The van der Waals surface area contributed by atoms with E-state index in [1.54, 1.807) is 0 Å². The van der Waals surface area contributed by atoms with Gasteiger partial charge < -0.3 is 0 Å². The van der Waals surface area contributed by atoms with E-state index in [1.807, 2.05) is 0 Å². The molecule has 0 aromatic heterocycles. The molecule has 5 aliphatic rings. The minimum absolute atomic E-state index is 0.430. The van der Waals surface area contributed by atoms with Crippen molar-refractivity contribution >= 4 is 22.4 Å². The van der Waals surface area contributed by atoms with Crippen molar-refractivity contribution in [2.75, 3.05) is 0 Å². The van der Waals surface area contributed by atoms with E-state index in [0.717, 1.165) is 12.8 Å². The molecule has 0 aliphatic heterocycles. The van der Waals surface area contributed by atoms with Crippen molar-refractivity contribution in [1.29, 1.82) is 0 Å². The molecule has 0 amide bonds. The topological polar surface area (TPSA) is 0 Å². The summed E-state index contributed by atoms with van der Waals surface area (Å²) in [4.78, 5) is 0. The Bertz CT molecular complexity index is 1370. The Morgan fingerprint density at radius 2 is 1.53 bits per heavy atom. The fraction of sp³-hybridized carbons (Fsp3) is 0.133. The van der Waals surface area contributed by atoms with Crippen molar-refractivity contribution in [1.82, 2.24) is 0 Å². The molecule has 2 aromatic rings. The van der Waals surface area contributed by atoms with Crippen molar-refractivity contribution in [2.24, 2.45) is 11.8 Å². The molecule has 0 saturated heterocycles. The maximum Gasteiger partial charge on any atom is 0.0205 e. The molecule has 5 aliphatic carbocycles. The number of rotatable bonds is 1. The first-order valence-corrected chi connectivity index (χ1v) is 11.0. The van der Waals surface area contributed by atoms with Crippen molar-refractivity contribution in [3.63, 3.8) is 0 Å². The normalized spacial score (nSPS) is 25.0. The third kappa shape index (κ3) is 2.17. The molecule has 30 heavy (non-hydrogen) atoms. The fourth-order valence-corrected chi connectivity index (χ4v) is 5.96. The maximum absolute atomic E-state index is 2.37. The van der Waals surface area contributed by atoms with Gasteiger partial charge in [0.2, 0.25) is 0 Å². The maximum atomic E-state index is 2.37. The zero-order valence-electron chi connectivity index (χ0n) is 16.8. The molecular weight excluding hydrogens is 360 g/mol. The molecule has 0 radical (unpaired) electrons. The Balaban J connectivity index is 1.49. The van der Waals surface area contributed by atoms with E-state index in [-0.39, 0.29) is 0 Å². The molecule has 2 atom stereocenters. The summed E-state index contributed by atoms with van der Waals surface area (Å²) in [5.74, 6) is 0.889. The van der Waals surface area contributed by atoms with Crippen LogP contribution < -0.4 is 0 Å². The number of aryl methyl sites for hydroxylation is 1. The van der Waals surface area contributed by atoms with E-state index >= 15 is 0 Å². The molecule has 0 nitrogen and oxygen atoms in total. The molecule has 0 saturated carbocycles. The quantitative estimate of drug-likeness (QED) is 0.486. The standard InChI is InChI=1S/C30H22/c1-2-8-23-19(5-1)13-16-26-24(23)9-4-10-25(26)27-17-14-22-12-11-20-6-3-7-21-15-18-28(27)30(22)29(20)21/h2-4,6-18,29-30H,1,5H2. The minimum Gasteiger partial charge on any atom is -0.0836 e. The first-order chi connectivity index (χ1) is 14.9. The predicted octanol–water partition coefficient (Wildman–Crippen LogP) is 7.29. The van der Waals surface area contributed by atoms with Crippen LogP contribution in [0.3, 0.4) is 0 Å². The van der Waals surface area contributed by atoms with Gasteiger partial charge in [-0.2, -0.15) is 0 Å². The number of hydrogen-bond acceptors (Lipinski definition) is 0. The molecule has 0 heteroatoms. The van der Waals surface area contributed by atoms with Crippen LogP contribution in [0.5, 0.6) is 0 Å². The lowest BCUT2D eigenvalue weighted by atomic mass is 9.63. The van der Waals surface area contributed by atoms with Crippen molar-refractivity contribution in [3.05, 3.63) is 130 Å². The summed E-state index contributed by atoms with van der Waals surface area (Å²) < 4.78 is 0. The fourth-order valence-electron chi connectivity index (χ4n) is 5.96. The lowest BCUT2D eigenvalue weighted by Crippen LogP contribution is -2.29. The Morgan fingerprint density at radius 3 is 2.50 bits per heavy atom. The monoisotopic (exact) mass is 382 g/mol. The summed E-state index contributed by atoms with van der Waals surface area (Å²) in [5, 5.41) is 2.75. The van der Waals surface area contributed by atoms with Crippen LogP contribution in [0.25, 0.3) is 22.4 Å². The van der Waals surface area contributed by atoms with Gasteiger partial charge in [-0.1, -0.05) is 97.2 Å². The number of hydrogen-bond donors (Lipinski definition) is 0. The van der Waals surface area contributed by atoms with Gasteiger partial charge in [-0.3, -0.25) is 0 Å². The summed E-state index contributed by atoms with van der Waals surface area (Å²) in [7, 11) is 0. The van der Waals surface area contributed by atoms with Crippen LogP contribution in [0.1, 0.15) is 23.1 Å². The molecule has 0 N–H and O–H groups in total. The van der Waals surface area contributed by atoms with Crippen LogP contribution in [0.4, 0.5) is 0 Å². The molecule has 142 valence electrons. The third-order valence-corrected chi connectivity index (χ3v) is 7.35. The molecule has 2 unspecified atom stereocenters. The van der Waals surface area contributed by atoms with E-state index in [0.29, 0.717) is 11.8 Å². The molecule has 0 heterocycles. The van der Waals surface area contributed by atoms with Crippen LogP contribution >= 0.6 is 0 Å². The van der Waals surface area contributed by atoms with Gasteiger partial charge in [0.15, 0.2) is 0 Å². The van der Waals surface area contributed by atoms with E-state index < -0.39 is 0 Å². The molecular formula is C30H22. The van der Waals surface area contributed by atoms with Crippen LogP contribution in [0, 0.1) is 11.8 Å². The van der Waals surface area contributed by atoms with E-state index in [1.165, 1.54) is 55.3 Å². The average Bonchev–Trinajstić information content (AvgIpc) is 2.82. The minimum atomic E-state index is 0.430. The van der Waals surface area contributed by atoms with Crippen molar-refractivity contribution in [2.45, 2.75) is 12.8 Å². The Kier molecular flexibility index (Phi) is 3.32. The highest BCUT2D eigenvalue weighted by Crippen LogP contribution is 2.51. The summed E-state index contributed by atoms with van der Waals surface area (Å²) in [6.45, 7) is 0. The zero-order valence-corrected chi connectivity index (χ0v) is 16.8. The smallest absolute Gasteiger partial charge is 0.0205 e. The highest BCUT2D eigenvalue weighted by atomic mass is 14.4. The SMILES string of the molecule is C1=CC2=CC=C3C=CC(c4cccc5c6c(ccc45)CCC=C6)=C4C=CC(=C1)C2C34.